The molecule has 0 radical (unpaired) electrons. The molecule has 1 aliphatic heterocycles. The molecule has 1 fully saturated rings. The number of carbonyl (C=O) groups excluding carboxylic acids is 2. The summed E-state index contributed by atoms with van der Waals surface area (Å²) in [5.74, 6) is -1.20. The molecule has 0 saturated carbocycles. The Hall–Kier alpha value is -2.31. The fourth-order valence-electron chi connectivity index (χ4n) is 2.84. The maximum atomic E-state index is 12.7. The van der Waals surface area contributed by atoms with E-state index in [-0.39, 0.29) is 30.5 Å². The van der Waals surface area contributed by atoms with Gasteiger partial charge in [-0.2, -0.15) is 0 Å². The van der Waals surface area contributed by atoms with Crippen molar-refractivity contribution < 1.29 is 23.9 Å². The van der Waals surface area contributed by atoms with Crippen molar-refractivity contribution in [3.05, 3.63) is 24.2 Å². The van der Waals surface area contributed by atoms with Gasteiger partial charge in [-0.1, -0.05) is 0 Å². The lowest BCUT2D eigenvalue weighted by Crippen LogP contribution is -2.53. The molecule has 2 heterocycles. The first-order valence-corrected chi connectivity index (χ1v) is 7.89. The van der Waals surface area contributed by atoms with Crippen LogP contribution in [0.5, 0.6) is 0 Å². The third kappa shape index (κ3) is 4.12. The first-order chi connectivity index (χ1) is 11.0. The van der Waals surface area contributed by atoms with Crippen LogP contribution in [0.1, 0.15) is 43.2 Å². The van der Waals surface area contributed by atoms with Gasteiger partial charge in [0.05, 0.1) is 12.7 Å². The predicted octanol–water partition coefficient (Wildman–Crippen LogP) is 1.60. The minimum atomic E-state index is -0.941. The van der Waals surface area contributed by atoms with E-state index in [0.717, 1.165) is 12.8 Å². The predicted molar refractivity (Wildman–Crippen MR) is 81.9 cm³/mol. The Bertz CT molecular complexity index is 555. The van der Waals surface area contributed by atoms with Crippen molar-refractivity contribution in [3.63, 3.8) is 0 Å². The zero-order chi connectivity index (χ0) is 16.8. The third-order valence-electron chi connectivity index (χ3n) is 4.07. The van der Waals surface area contributed by atoms with Gasteiger partial charge in [-0.05, 0) is 38.3 Å². The fraction of sp³-hybridized carbons (Fsp3) is 0.562. The van der Waals surface area contributed by atoms with Crippen molar-refractivity contribution in [1.82, 2.24) is 9.80 Å². The molecule has 2 amide bonds. The van der Waals surface area contributed by atoms with Crippen LogP contribution in [0.3, 0.4) is 0 Å². The third-order valence-corrected chi connectivity index (χ3v) is 4.07. The molecule has 1 saturated heterocycles. The van der Waals surface area contributed by atoms with E-state index in [0.29, 0.717) is 19.5 Å². The van der Waals surface area contributed by atoms with E-state index >= 15 is 0 Å². The lowest BCUT2D eigenvalue weighted by molar-refractivity contribution is -0.140. The molecule has 1 unspecified atom stereocenters. The number of likely N-dealkylation sites (tertiary alicyclic amines) is 1. The lowest BCUT2D eigenvalue weighted by atomic mass is 10.00. The Kier molecular flexibility index (Phi) is 5.78. The van der Waals surface area contributed by atoms with Crippen LogP contribution in [0.4, 0.5) is 0 Å². The first kappa shape index (κ1) is 17.1. The second-order valence-electron chi connectivity index (χ2n) is 5.55. The van der Waals surface area contributed by atoms with E-state index in [1.165, 1.54) is 11.2 Å². The highest BCUT2D eigenvalue weighted by Crippen LogP contribution is 2.22. The Morgan fingerprint density at radius 1 is 1.39 bits per heavy atom. The summed E-state index contributed by atoms with van der Waals surface area (Å²) in [5, 5.41) is 8.80. The van der Waals surface area contributed by atoms with Gasteiger partial charge in [0, 0.05) is 19.6 Å². The Balaban J connectivity index is 2.11. The van der Waals surface area contributed by atoms with Gasteiger partial charge >= 0.3 is 5.97 Å². The fourth-order valence-corrected chi connectivity index (χ4v) is 2.84. The van der Waals surface area contributed by atoms with Crippen LogP contribution in [0.15, 0.2) is 22.8 Å². The van der Waals surface area contributed by atoms with Crippen molar-refractivity contribution in [3.8, 4) is 0 Å². The van der Waals surface area contributed by atoms with Gasteiger partial charge in [-0.3, -0.25) is 14.4 Å². The molecular formula is C16H22N2O5. The van der Waals surface area contributed by atoms with Crippen LogP contribution >= 0.6 is 0 Å². The van der Waals surface area contributed by atoms with E-state index in [9.17, 15) is 14.4 Å². The maximum Gasteiger partial charge on any atom is 0.305 e. The van der Waals surface area contributed by atoms with Gasteiger partial charge in [0.25, 0.3) is 5.91 Å². The number of rotatable bonds is 6. The number of carbonyl (C=O) groups is 3. The number of furan rings is 1. The Morgan fingerprint density at radius 3 is 2.78 bits per heavy atom. The van der Waals surface area contributed by atoms with E-state index in [2.05, 4.69) is 0 Å². The number of amides is 2. The van der Waals surface area contributed by atoms with Crippen LogP contribution in [0.2, 0.25) is 0 Å². The highest BCUT2D eigenvalue weighted by molar-refractivity contribution is 5.95. The summed E-state index contributed by atoms with van der Waals surface area (Å²) in [6.45, 7) is 2.89. The number of piperidine rings is 1. The molecule has 0 aliphatic carbocycles. The number of hydrogen-bond donors (Lipinski definition) is 1. The van der Waals surface area contributed by atoms with Gasteiger partial charge in [0.2, 0.25) is 5.91 Å². The standard InChI is InChI=1S/C16H22N2O5/c1-2-17(10-8-14(19)20)15(21)12-6-3-4-9-18(12)16(22)13-7-5-11-23-13/h5,7,11-12H,2-4,6,8-10H2,1H3,(H,19,20). The molecule has 1 N–H and O–H groups in total. The first-order valence-electron chi connectivity index (χ1n) is 7.89. The van der Waals surface area contributed by atoms with Gasteiger partial charge < -0.3 is 19.3 Å². The summed E-state index contributed by atoms with van der Waals surface area (Å²) < 4.78 is 5.15. The largest absolute Gasteiger partial charge is 0.481 e. The molecular weight excluding hydrogens is 300 g/mol. The summed E-state index contributed by atoms with van der Waals surface area (Å²) in [4.78, 5) is 39.0. The molecule has 1 atom stereocenters. The topological polar surface area (TPSA) is 91.1 Å². The zero-order valence-electron chi connectivity index (χ0n) is 13.2. The van der Waals surface area contributed by atoms with Crippen LogP contribution in [0, 0.1) is 0 Å². The van der Waals surface area contributed by atoms with Crippen molar-refractivity contribution in [1.29, 1.82) is 0 Å². The summed E-state index contributed by atoms with van der Waals surface area (Å²) >= 11 is 0. The van der Waals surface area contributed by atoms with Crippen LogP contribution in [0.25, 0.3) is 0 Å². The monoisotopic (exact) mass is 322 g/mol. The van der Waals surface area contributed by atoms with Crippen LogP contribution in [-0.2, 0) is 9.59 Å². The number of carboxylic acids is 1. The number of likely N-dealkylation sites (N-methyl/N-ethyl adjacent to an activating group) is 1. The molecule has 7 heteroatoms. The minimum Gasteiger partial charge on any atom is -0.481 e. The molecule has 0 bridgehead atoms. The van der Waals surface area contributed by atoms with Gasteiger partial charge in [0.1, 0.15) is 6.04 Å². The molecule has 1 aromatic heterocycles. The Morgan fingerprint density at radius 2 is 2.17 bits per heavy atom. The molecule has 2 rings (SSSR count). The Labute approximate surface area is 134 Å². The van der Waals surface area contributed by atoms with E-state index < -0.39 is 12.0 Å². The van der Waals surface area contributed by atoms with Gasteiger partial charge in [-0.25, -0.2) is 0 Å². The number of carboxylic acid groups (broad SMARTS) is 1. The average Bonchev–Trinajstić information content (AvgIpc) is 3.08. The van der Waals surface area contributed by atoms with Gasteiger partial charge in [0.15, 0.2) is 5.76 Å². The quantitative estimate of drug-likeness (QED) is 0.859. The van der Waals surface area contributed by atoms with Crippen molar-refractivity contribution >= 4 is 17.8 Å². The molecule has 1 aromatic rings. The second kappa shape index (κ2) is 7.80. The van der Waals surface area contributed by atoms with Crippen molar-refractivity contribution in [2.75, 3.05) is 19.6 Å². The summed E-state index contributed by atoms with van der Waals surface area (Å²) in [5.41, 5.74) is 0. The van der Waals surface area contributed by atoms with Crippen molar-refractivity contribution in [2.24, 2.45) is 0 Å². The summed E-state index contributed by atoms with van der Waals surface area (Å²) in [6, 6.07) is 2.68. The average molecular weight is 322 g/mol. The molecule has 7 nitrogen and oxygen atoms in total. The highest BCUT2D eigenvalue weighted by atomic mass is 16.4. The number of hydrogen-bond acceptors (Lipinski definition) is 4. The number of nitrogens with zero attached hydrogens (tertiary/aromatic N) is 2. The normalized spacial score (nSPS) is 17.8. The lowest BCUT2D eigenvalue weighted by Gasteiger charge is -2.37. The zero-order valence-corrected chi connectivity index (χ0v) is 13.2. The number of aliphatic carboxylic acids is 1. The van der Waals surface area contributed by atoms with Gasteiger partial charge in [-0.15, -0.1) is 0 Å². The highest BCUT2D eigenvalue weighted by Gasteiger charge is 2.35. The maximum absolute atomic E-state index is 12.7. The van der Waals surface area contributed by atoms with E-state index in [4.69, 9.17) is 9.52 Å². The van der Waals surface area contributed by atoms with Crippen LogP contribution < -0.4 is 0 Å². The molecule has 0 aromatic carbocycles. The molecule has 0 spiro atoms. The van der Waals surface area contributed by atoms with Crippen LogP contribution in [-0.4, -0.2) is 58.4 Å². The van der Waals surface area contributed by atoms with E-state index in [1.807, 2.05) is 0 Å². The summed E-state index contributed by atoms with van der Waals surface area (Å²) in [6.07, 6.45) is 3.64. The molecule has 1 aliphatic rings. The smallest absolute Gasteiger partial charge is 0.305 e. The molecule has 126 valence electrons. The second-order valence-corrected chi connectivity index (χ2v) is 5.55. The SMILES string of the molecule is CCN(CCC(=O)O)C(=O)C1CCCCN1C(=O)c1ccco1. The van der Waals surface area contributed by atoms with E-state index in [1.54, 1.807) is 24.0 Å². The summed E-state index contributed by atoms with van der Waals surface area (Å²) in [7, 11) is 0. The molecule has 23 heavy (non-hydrogen) atoms. The minimum absolute atomic E-state index is 0.0988. The van der Waals surface area contributed by atoms with Crippen molar-refractivity contribution in [2.45, 2.75) is 38.6 Å².